The molecular weight excluding hydrogens is 494 g/mol. The Bertz CT molecular complexity index is 1530. The summed E-state index contributed by atoms with van der Waals surface area (Å²) in [5, 5.41) is 6.40. The molecule has 0 aliphatic carbocycles. The molecule has 0 bridgehead atoms. The monoisotopic (exact) mass is 523 g/mol. The molecule has 194 valence electrons. The van der Waals surface area contributed by atoms with Crippen LogP contribution in [0.5, 0.6) is 5.88 Å². The summed E-state index contributed by atoms with van der Waals surface area (Å²) in [5.74, 6) is 1.49. The molecule has 0 saturated carbocycles. The quantitative estimate of drug-likeness (QED) is 0.407. The van der Waals surface area contributed by atoms with Gasteiger partial charge in [-0.05, 0) is 25.0 Å². The summed E-state index contributed by atoms with van der Waals surface area (Å²) in [6.45, 7) is 3.81. The van der Waals surface area contributed by atoms with E-state index in [4.69, 9.17) is 24.6 Å². The molecule has 2 N–H and O–H groups in total. The van der Waals surface area contributed by atoms with Crippen LogP contribution in [0.3, 0.4) is 0 Å². The number of hydrogen-bond acceptors (Lipinski definition) is 8. The number of benzene rings is 1. The molecular formula is C25H29N7O4S. The van der Waals surface area contributed by atoms with Gasteiger partial charge in [-0.3, -0.25) is 4.40 Å². The van der Waals surface area contributed by atoms with Gasteiger partial charge in [0.05, 0.1) is 24.4 Å². The minimum Gasteiger partial charge on any atom is -0.471 e. The molecule has 1 aromatic carbocycles. The number of nitrogens with two attached hydrogens (primary N) is 1. The third kappa shape index (κ3) is 4.97. The number of nitrogens with zero attached hydrogens (tertiary/aromatic N) is 6. The topological polar surface area (TPSA) is 128 Å². The molecule has 0 spiro atoms. The fourth-order valence-corrected chi connectivity index (χ4v) is 5.80. The number of anilines is 1. The van der Waals surface area contributed by atoms with Gasteiger partial charge in [0.2, 0.25) is 5.88 Å². The summed E-state index contributed by atoms with van der Waals surface area (Å²) in [7, 11) is -3.68. The van der Waals surface area contributed by atoms with E-state index >= 15 is 0 Å². The normalized spacial score (nSPS) is 18.0. The number of imidazole rings is 1. The van der Waals surface area contributed by atoms with Gasteiger partial charge in [0.15, 0.2) is 11.5 Å². The average molecular weight is 524 g/mol. The van der Waals surface area contributed by atoms with E-state index in [2.05, 4.69) is 14.3 Å². The standard InChI is InChI=1S/C25H29N7O4S/c26-37(33,34)31-9-7-19(8-10-31)22-15-27-24(30-11-13-35-14-12-30)25-28-20(16-32(22)25)17-36-23-6-5-18-3-1-2-4-21(18)29-23/h1-6,15-16,19H,7-14,17H2,(H2,26,33,34). The fourth-order valence-electron chi connectivity index (χ4n) is 5.08. The van der Waals surface area contributed by atoms with Crippen molar-refractivity contribution in [3.8, 4) is 5.88 Å². The highest BCUT2D eigenvalue weighted by atomic mass is 32.2. The van der Waals surface area contributed by atoms with Gasteiger partial charge in [-0.15, -0.1) is 0 Å². The third-order valence-corrected chi connectivity index (χ3v) is 8.12. The van der Waals surface area contributed by atoms with E-state index < -0.39 is 10.2 Å². The van der Waals surface area contributed by atoms with E-state index in [0.29, 0.717) is 45.0 Å². The zero-order chi connectivity index (χ0) is 25.4. The van der Waals surface area contributed by atoms with Crippen LogP contribution in [-0.2, 0) is 21.6 Å². The number of rotatable bonds is 6. The first kappa shape index (κ1) is 24.0. The SMILES string of the molecule is NS(=O)(=O)N1CCC(c2cnc(N3CCOCC3)c3nc(COc4ccc5ccccc5n4)cn23)CC1. The Morgan fingerprint density at radius 2 is 1.81 bits per heavy atom. The summed E-state index contributed by atoms with van der Waals surface area (Å²) in [6, 6.07) is 11.8. The molecule has 4 aromatic rings. The third-order valence-electron chi connectivity index (χ3n) is 7.04. The first-order valence-electron chi connectivity index (χ1n) is 12.4. The van der Waals surface area contributed by atoms with E-state index in [1.807, 2.05) is 48.8 Å². The summed E-state index contributed by atoms with van der Waals surface area (Å²) in [4.78, 5) is 16.5. The lowest BCUT2D eigenvalue weighted by molar-refractivity contribution is 0.122. The maximum absolute atomic E-state index is 11.8. The smallest absolute Gasteiger partial charge is 0.276 e. The van der Waals surface area contributed by atoms with Crippen LogP contribution in [0, 0.1) is 0 Å². The number of ether oxygens (including phenoxy) is 2. The van der Waals surface area contributed by atoms with Crippen LogP contribution in [0.2, 0.25) is 0 Å². The molecule has 2 aliphatic heterocycles. The minimum atomic E-state index is -3.68. The molecule has 2 fully saturated rings. The van der Waals surface area contributed by atoms with E-state index in [0.717, 1.165) is 46.8 Å². The Balaban J connectivity index is 1.30. The van der Waals surface area contributed by atoms with Gasteiger partial charge in [-0.1, -0.05) is 18.2 Å². The average Bonchev–Trinajstić information content (AvgIpc) is 3.36. The van der Waals surface area contributed by atoms with Crippen molar-refractivity contribution in [2.24, 2.45) is 5.14 Å². The van der Waals surface area contributed by atoms with Gasteiger partial charge in [-0.25, -0.2) is 20.1 Å². The van der Waals surface area contributed by atoms with Crippen molar-refractivity contribution >= 4 is 32.6 Å². The molecule has 3 aromatic heterocycles. The molecule has 37 heavy (non-hydrogen) atoms. The molecule has 5 heterocycles. The highest BCUT2D eigenvalue weighted by Crippen LogP contribution is 2.31. The Morgan fingerprint density at radius 3 is 2.59 bits per heavy atom. The van der Waals surface area contributed by atoms with Gasteiger partial charge in [0.25, 0.3) is 10.2 Å². The van der Waals surface area contributed by atoms with Gasteiger partial charge >= 0.3 is 0 Å². The van der Waals surface area contributed by atoms with Gasteiger partial charge < -0.3 is 14.4 Å². The lowest BCUT2D eigenvalue weighted by atomic mass is 9.95. The van der Waals surface area contributed by atoms with Crippen LogP contribution >= 0.6 is 0 Å². The lowest BCUT2D eigenvalue weighted by Gasteiger charge is -2.31. The van der Waals surface area contributed by atoms with Crippen LogP contribution in [0.1, 0.15) is 30.1 Å². The number of aromatic nitrogens is 4. The number of pyridine rings is 1. The summed E-state index contributed by atoms with van der Waals surface area (Å²) in [6.07, 6.45) is 5.21. The number of hydrogen-bond donors (Lipinski definition) is 1. The maximum atomic E-state index is 11.8. The van der Waals surface area contributed by atoms with E-state index in [9.17, 15) is 8.42 Å². The van der Waals surface area contributed by atoms with E-state index in [-0.39, 0.29) is 12.5 Å². The van der Waals surface area contributed by atoms with Crippen LogP contribution in [0.25, 0.3) is 16.6 Å². The largest absolute Gasteiger partial charge is 0.471 e. The van der Waals surface area contributed by atoms with Crippen LogP contribution in [0.4, 0.5) is 5.82 Å². The maximum Gasteiger partial charge on any atom is 0.276 e. The molecule has 12 heteroatoms. The Labute approximate surface area is 215 Å². The minimum absolute atomic E-state index is 0.136. The molecule has 6 rings (SSSR count). The van der Waals surface area contributed by atoms with Gasteiger partial charge in [0.1, 0.15) is 6.61 Å². The van der Waals surface area contributed by atoms with Crippen molar-refractivity contribution in [2.45, 2.75) is 25.4 Å². The lowest BCUT2D eigenvalue weighted by Crippen LogP contribution is -2.42. The number of fused-ring (bicyclic) bond motifs is 2. The van der Waals surface area contributed by atoms with Crippen molar-refractivity contribution < 1.29 is 17.9 Å². The van der Waals surface area contributed by atoms with Crippen LogP contribution < -0.4 is 14.8 Å². The first-order valence-corrected chi connectivity index (χ1v) is 13.9. The number of morpholine rings is 1. The molecule has 2 saturated heterocycles. The van der Waals surface area contributed by atoms with Crippen molar-refractivity contribution in [1.82, 2.24) is 23.7 Å². The fraction of sp³-hybridized carbons (Fsp3) is 0.400. The Hall–Kier alpha value is -3.32. The zero-order valence-electron chi connectivity index (χ0n) is 20.4. The predicted octanol–water partition coefficient (Wildman–Crippen LogP) is 2.08. The number of para-hydroxylation sites is 1. The zero-order valence-corrected chi connectivity index (χ0v) is 21.2. The first-order chi connectivity index (χ1) is 18.0. The second kappa shape index (κ2) is 9.86. The van der Waals surface area contributed by atoms with Crippen molar-refractivity contribution in [1.29, 1.82) is 0 Å². The van der Waals surface area contributed by atoms with Crippen LogP contribution in [0.15, 0.2) is 48.8 Å². The number of piperidine rings is 1. The second-order valence-electron chi connectivity index (χ2n) is 9.38. The Kier molecular flexibility index (Phi) is 6.41. The highest BCUT2D eigenvalue weighted by molar-refractivity contribution is 7.86. The van der Waals surface area contributed by atoms with E-state index in [1.54, 1.807) is 0 Å². The summed E-state index contributed by atoms with van der Waals surface area (Å²) < 4.78 is 38.5. The Morgan fingerprint density at radius 1 is 1.03 bits per heavy atom. The van der Waals surface area contributed by atoms with E-state index in [1.165, 1.54) is 4.31 Å². The molecule has 11 nitrogen and oxygen atoms in total. The van der Waals surface area contributed by atoms with Gasteiger partial charge in [-0.2, -0.15) is 12.7 Å². The molecule has 0 atom stereocenters. The molecule has 0 radical (unpaired) electrons. The van der Waals surface area contributed by atoms with Crippen LogP contribution in [-0.4, -0.2) is 71.5 Å². The van der Waals surface area contributed by atoms with Gasteiger partial charge in [0, 0.05) is 61.6 Å². The second-order valence-corrected chi connectivity index (χ2v) is 10.9. The van der Waals surface area contributed by atoms with Crippen molar-refractivity contribution in [3.63, 3.8) is 0 Å². The predicted molar refractivity (Wildman–Crippen MR) is 139 cm³/mol. The molecule has 0 amide bonds. The van der Waals surface area contributed by atoms with Crippen molar-refractivity contribution in [3.05, 3.63) is 60.2 Å². The van der Waals surface area contributed by atoms with Crippen molar-refractivity contribution in [2.75, 3.05) is 44.3 Å². The molecule has 0 unspecified atom stereocenters. The summed E-state index contributed by atoms with van der Waals surface area (Å²) >= 11 is 0. The molecule has 2 aliphatic rings. The highest BCUT2D eigenvalue weighted by Gasteiger charge is 2.29. The summed E-state index contributed by atoms with van der Waals surface area (Å²) in [5.41, 5.74) is 3.41.